The van der Waals surface area contributed by atoms with E-state index in [0.717, 1.165) is 17.1 Å². The Labute approximate surface area is 171 Å². The highest BCUT2D eigenvalue weighted by molar-refractivity contribution is 6.36. The van der Waals surface area contributed by atoms with E-state index in [4.69, 9.17) is 4.74 Å². The van der Waals surface area contributed by atoms with Crippen LogP contribution in [0.4, 0.5) is 11.4 Å². The van der Waals surface area contributed by atoms with Gasteiger partial charge in [-0.25, -0.2) is 0 Å². The molecule has 2 aromatic rings. The number of imide groups is 1. The highest BCUT2D eigenvalue weighted by Crippen LogP contribution is 2.32. The molecule has 1 aliphatic heterocycles. The van der Waals surface area contributed by atoms with Crippen LogP contribution in [0.5, 0.6) is 5.75 Å². The van der Waals surface area contributed by atoms with E-state index in [9.17, 15) is 9.59 Å². The van der Waals surface area contributed by atoms with Gasteiger partial charge in [0.05, 0.1) is 12.2 Å². The fraction of sp³-hybridized carbons (Fsp3) is 0.304. The summed E-state index contributed by atoms with van der Waals surface area (Å²) < 4.78 is 5.49. The van der Waals surface area contributed by atoms with Crippen molar-refractivity contribution in [3.63, 3.8) is 0 Å². The van der Waals surface area contributed by atoms with Gasteiger partial charge in [-0.15, -0.1) is 0 Å². The summed E-state index contributed by atoms with van der Waals surface area (Å²) in [5.74, 6) is 0.121. The molecule has 0 aliphatic carbocycles. The molecule has 2 aromatic carbocycles. The Bertz CT molecular complexity index is 929. The van der Waals surface area contributed by atoms with E-state index in [1.807, 2.05) is 88.3 Å². The highest BCUT2D eigenvalue weighted by Gasteiger charge is 2.40. The van der Waals surface area contributed by atoms with Crippen molar-refractivity contribution in [3.05, 3.63) is 59.8 Å². The number of anilines is 2. The normalized spacial score (nSPS) is 14.1. The summed E-state index contributed by atoms with van der Waals surface area (Å²) >= 11 is 0. The van der Waals surface area contributed by atoms with Crippen LogP contribution in [0.2, 0.25) is 0 Å². The lowest BCUT2D eigenvalue weighted by molar-refractivity contribution is -0.138. The molecule has 29 heavy (non-hydrogen) atoms. The Hall–Kier alpha value is -3.28. The Morgan fingerprint density at radius 1 is 0.966 bits per heavy atom. The lowest BCUT2D eigenvalue weighted by Crippen LogP contribution is -2.38. The van der Waals surface area contributed by atoms with Gasteiger partial charge in [0.2, 0.25) is 0 Å². The summed E-state index contributed by atoms with van der Waals surface area (Å²) in [5.41, 5.74) is 3.16. The van der Waals surface area contributed by atoms with Gasteiger partial charge in [0.25, 0.3) is 11.8 Å². The van der Waals surface area contributed by atoms with Crippen molar-refractivity contribution in [2.45, 2.75) is 26.8 Å². The average Bonchev–Trinajstić information content (AvgIpc) is 2.93. The minimum Gasteiger partial charge on any atom is -0.494 e. The number of nitrogens with one attached hydrogen (secondary N) is 1. The van der Waals surface area contributed by atoms with Gasteiger partial charge in [-0.3, -0.25) is 14.5 Å². The van der Waals surface area contributed by atoms with E-state index in [1.54, 1.807) is 0 Å². The van der Waals surface area contributed by atoms with Crippen molar-refractivity contribution in [3.8, 4) is 5.75 Å². The monoisotopic (exact) mass is 393 g/mol. The lowest BCUT2D eigenvalue weighted by atomic mass is 10.0. The first-order valence-electron chi connectivity index (χ1n) is 9.73. The van der Waals surface area contributed by atoms with E-state index < -0.39 is 0 Å². The first-order valence-corrected chi connectivity index (χ1v) is 9.73. The van der Waals surface area contributed by atoms with Crippen LogP contribution in [-0.2, 0) is 9.59 Å². The van der Waals surface area contributed by atoms with Crippen molar-refractivity contribution in [1.29, 1.82) is 0 Å². The second kappa shape index (κ2) is 8.39. The SMILES string of the molecule is CCOc1ccc(C2=C(Nc3ccc(N(C)C)cc3)C(=O)N(C(C)C)C2=O)cc1. The number of hydrogen-bond acceptors (Lipinski definition) is 5. The average molecular weight is 393 g/mol. The Kier molecular flexibility index (Phi) is 5.92. The van der Waals surface area contributed by atoms with Crippen molar-refractivity contribution in [2.75, 3.05) is 30.9 Å². The van der Waals surface area contributed by atoms with Gasteiger partial charge in [0, 0.05) is 31.5 Å². The van der Waals surface area contributed by atoms with Crippen LogP contribution in [0.1, 0.15) is 26.3 Å². The molecular weight excluding hydrogens is 366 g/mol. The number of hydrogen-bond donors (Lipinski definition) is 1. The van der Waals surface area contributed by atoms with Gasteiger partial charge in [-0.2, -0.15) is 0 Å². The molecule has 0 atom stereocenters. The molecule has 0 unspecified atom stereocenters. The molecule has 1 heterocycles. The minimum atomic E-state index is -0.314. The summed E-state index contributed by atoms with van der Waals surface area (Å²) in [6, 6.07) is 14.7. The van der Waals surface area contributed by atoms with Crippen LogP contribution in [0.25, 0.3) is 5.57 Å². The van der Waals surface area contributed by atoms with E-state index in [0.29, 0.717) is 23.4 Å². The molecule has 1 N–H and O–H groups in total. The number of carbonyl (C=O) groups excluding carboxylic acids is 2. The lowest BCUT2D eigenvalue weighted by Gasteiger charge is -2.19. The van der Waals surface area contributed by atoms with Crippen molar-refractivity contribution < 1.29 is 14.3 Å². The standard InChI is InChI=1S/C23H27N3O3/c1-6-29-19-13-7-16(8-14-19)20-21(23(28)26(15(2)3)22(20)27)24-17-9-11-18(12-10-17)25(4)5/h7-15,24H,6H2,1-5H3. The number of nitrogens with zero attached hydrogens (tertiary/aromatic N) is 2. The maximum Gasteiger partial charge on any atom is 0.278 e. The summed E-state index contributed by atoms with van der Waals surface area (Å²) in [6.45, 7) is 6.15. The zero-order valence-electron chi connectivity index (χ0n) is 17.5. The Morgan fingerprint density at radius 2 is 1.59 bits per heavy atom. The van der Waals surface area contributed by atoms with Crippen LogP contribution in [0, 0.1) is 0 Å². The smallest absolute Gasteiger partial charge is 0.278 e. The van der Waals surface area contributed by atoms with Crippen LogP contribution in [0.15, 0.2) is 54.2 Å². The van der Waals surface area contributed by atoms with Gasteiger partial charge >= 0.3 is 0 Å². The molecule has 0 fully saturated rings. The predicted molar refractivity (Wildman–Crippen MR) is 116 cm³/mol. The van der Waals surface area contributed by atoms with Gasteiger partial charge < -0.3 is 15.0 Å². The topological polar surface area (TPSA) is 61.9 Å². The van der Waals surface area contributed by atoms with E-state index in [1.165, 1.54) is 4.90 Å². The molecule has 2 amide bonds. The molecule has 0 aromatic heterocycles. The zero-order valence-corrected chi connectivity index (χ0v) is 17.5. The quantitative estimate of drug-likeness (QED) is 0.726. The number of ether oxygens (including phenoxy) is 1. The van der Waals surface area contributed by atoms with Gasteiger partial charge in [0.1, 0.15) is 11.4 Å². The number of carbonyl (C=O) groups is 2. The van der Waals surface area contributed by atoms with Crippen LogP contribution >= 0.6 is 0 Å². The fourth-order valence-corrected chi connectivity index (χ4v) is 3.27. The molecule has 1 aliphatic rings. The van der Waals surface area contributed by atoms with Crippen LogP contribution in [-0.4, -0.2) is 43.5 Å². The molecular formula is C23H27N3O3. The summed E-state index contributed by atoms with van der Waals surface area (Å²) in [4.78, 5) is 29.4. The zero-order chi connectivity index (χ0) is 21.1. The Morgan fingerprint density at radius 3 is 2.10 bits per heavy atom. The molecule has 0 bridgehead atoms. The fourth-order valence-electron chi connectivity index (χ4n) is 3.27. The first kappa shape index (κ1) is 20.5. The third kappa shape index (κ3) is 4.11. The van der Waals surface area contributed by atoms with Crippen LogP contribution < -0.4 is 15.0 Å². The third-order valence-corrected chi connectivity index (χ3v) is 4.74. The molecule has 0 saturated heterocycles. The Balaban J connectivity index is 2.01. The van der Waals surface area contributed by atoms with Crippen molar-refractivity contribution >= 4 is 28.8 Å². The van der Waals surface area contributed by atoms with E-state index in [-0.39, 0.29) is 17.9 Å². The van der Waals surface area contributed by atoms with Gasteiger partial charge in [-0.1, -0.05) is 12.1 Å². The first-order chi connectivity index (χ1) is 13.8. The van der Waals surface area contributed by atoms with Crippen molar-refractivity contribution in [2.24, 2.45) is 0 Å². The van der Waals surface area contributed by atoms with E-state index >= 15 is 0 Å². The maximum absolute atomic E-state index is 13.1. The molecule has 0 radical (unpaired) electrons. The molecule has 6 heteroatoms. The second-order valence-electron chi connectivity index (χ2n) is 7.35. The molecule has 0 saturated carbocycles. The minimum absolute atomic E-state index is 0.233. The predicted octanol–water partition coefficient (Wildman–Crippen LogP) is 3.75. The van der Waals surface area contributed by atoms with Gasteiger partial charge in [-0.05, 0) is 62.7 Å². The molecule has 152 valence electrons. The second-order valence-corrected chi connectivity index (χ2v) is 7.35. The van der Waals surface area contributed by atoms with Crippen LogP contribution in [0.3, 0.4) is 0 Å². The largest absolute Gasteiger partial charge is 0.494 e. The number of benzene rings is 2. The number of rotatable bonds is 7. The summed E-state index contributed by atoms with van der Waals surface area (Å²) in [6.07, 6.45) is 0. The highest BCUT2D eigenvalue weighted by atomic mass is 16.5. The maximum atomic E-state index is 13.1. The van der Waals surface area contributed by atoms with E-state index in [2.05, 4.69) is 5.32 Å². The van der Waals surface area contributed by atoms with Gasteiger partial charge in [0.15, 0.2) is 0 Å². The third-order valence-electron chi connectivity index (χ3n) is 4.74. The molecule has 0 spiro atoms. The number of amides is 2. The summed E-state index contributed by atoms with van der Waals surface area (Å²) in [5, 5.41) is 3.18. The van der Waals surface area contributed by atoms with Crippen molar-refractivity contribution in [1.82, 2.24) is 4.90 Å². The molecule has 6 nitrogen and oxygen atoms in total. The molecule has 3 rings (SSSR count). The summed E-state index contributed by atoms with van der Waals surface area (Å²) in [7, 11) is 3.93.